The predicted molar refractivity (Wildman–Crippen MR) is 110 cm³/mol. The molecule has 4 rings (SSSR count). The Kier molecular flexibility index (Phi) is 4.44. The summed E-state index contributed by atoms with van der Waals surface area (Å²) in [6.07, 6.45) is 3.62. The smallest absolute Gasteiger partial charge is 0.414 e. The summed E-state index contributed by atoms with van der Waals surface area (Å²) in [5.41, 5.74) is 2.28. The van der Waals surface area contributed by atoms with Crippen LogP contribution >= 0.6 is 0 Å². The van der Waals surface area contributed by atoms with Gasteiger partial charge in [0.15, 0.2) is 5.82 Å². The van der Waals surface area contributed by atoms with E-state index in [1.165, 1.54) is 4.52 Å². The number of carbonyl (C=O) groups excluding carboxylic acids is 1. The van der Waals surface area contributed by atoms with Gasteiger partial charge in [0.05, 0.1) is 5.69 Å². The number of amides is 1. The molecule has 0 fully saturated rings. The monoisotopic (exact) mass is 395 g/mol. The minimum Gasteiger partial charge on any atom is -0.443 e. The van der Waals surface area contributed by atoms with Gasteiger partial charge in [-0.1, -0.05) is 0 Å². The van der Waals surface area contributed by atoms with Crippen molar-refractivity contribution in [2.75, 3.05) is 11.4 Å². The molecule has 0 unspecified atom stereocenters. The second-order valence-electron chi connectivity index (χ2n) is 8.51. The summed E-state index contributed by atoms with van der Waals surface area (Å²) >= 11 is 0. The fraction of sp³-hybridized carbons (Fsp3) is 0.429. The van der Waals surface area contributed by atoms with Gasteiger partial charge in [-0.25, -0.2) is 14.3 Å². The third kappa shape index (κ3) is 3.39. The van der Waals surface area contributed by atoms with Crippen LogP contribution in [-0.4, -0.2) is 37.4 Å². The van der Waals surface area contributed by atoms with E-state index in [9.17, 15) is 9.59 Å². The number of rotatable bonds is 2. The topological polar surface area (TPSA) is 81.7 Å². The first-order valence-corrected chi connectivity index (χ1v) is 9.75. The molecule has 1 aliphatic rings. The third-order valence-electron chi connectivity index (χ3n) is 4.83. The Morgan fingerprint density at radius 3 is 2.69 bits per heavy atom. The molecule has 0 saturated heterocycles. The minimum atomic E-state index is -0.544. The van der Waals surface area contributed by atoms with E-state index >= 15 is 0 Å². The number of anilines is 1. The summed E-state index contributed by atoms with van der Waals surface area (Å²) in [5, 5.41) is 4.63. The molecule has 0 saturated carbocycles. The first-order valence-electron chi connectivity index (χ1n) is 9.75. The number of aromatic nitrogens is 4. The normalized spacial score (nSPS) is 13.9. The third-order valence-corrected chi connectivity index (χ3v) is 4.83. The highest BCUT2D eigenvalue weighted by Gasteiger charge is 2.29. The number of fused-ring (bicyclic) bond motifs is 2. The summed E-state index contributed by atoms with van der Waals surface area (Å²) in [5.74, 6) is 0.578. The Morgan fingerprint density at radius 2 is 2.00 bits per heavy atom. The number of ether oxygens (including phenoxy) is 1. The molecular formula is C21H25N5O3. The maximum absolute atomic E-state index is 12.9. The zero-order valence-corrected chi connectivity index (χ0v) is 17.3. The molecule has 1 aliphatic heterocycles. The number of imidazole rings is 1. The second kappa shape index (κ2) is 6.72. The fourth-order valence-corrected chi connectivity index (χ4v) is 3.61. The van der Waals surface area contributed by atoms with Crippen molar-refractivity contribution in [2.24, 2.45) is 0 Å². The van der Waals surface area contributed by atoms with Crippen molar-refractivity contribution in [2.45, 2.75) is 52.7 Å². The predicted octanol–water partition coefficient (Wildman–Crippen LogP) is 3.44. The standard InChI is InChI=1S/C21H25N5O3/c1-13(2)26-17(23-25-11-9-22-18(25)19(26)27)15-6-7-16-14(12-15)8-10-24(16)20(28)29-21(3,4)5/h6-7,9,11-13H,8,10H2,1-5H3. The first kappa shape index (κ1) is 19.2. The summed E-state index contributed by atoms with van der Waals surface area (Å²) in [6, 6.07) is 5.73. The number of nitrogens with zero attached hydrogens (tertiary/aromatic N) is 5. The van der Waals surface area contributed by atoms with Gasteiger partial charge in [0.1, 0.15) is 5.60 Å². The Morgan fingerprint density at radius 1 is 1.24 bits per heavy atom. The fourth-order valence-electron chi connectivity index (χ4n) is 3.61. The summed E-state index contributed by atoms with van der Waals surface area (Å²) in [7, 11) is 0. The van der Waals surface area contributed by atoms with E-state index in [1.54, 1.807) is 21.9 Å². The van der Waals surface area contributed by atoms with E-state index in [-0.39, 0.29) is 17.7 Å². The molecule has 3 aromatic rings. The van der Waals surface area contributed by atoms with Gasteiger partial charge in [0, 0.05) is 30.5 Å². The Bertz CT molecular complexity index is 1150. The van der Waals surface area contributed by atoms with E-state index < -0.39 is 5.60 Å². The van der Waals surface area contributed by atoms with Crippen LogP contribution in [0.3, 0.4) is 0 Å². The van der Waals surface area contributed by atoms with Crippen molar-refractivity contribution in [1.82, 2.24) is 19.2 Å². The highest BCUT2D eigenvalue weighted by molar-refractivity contribution is 5.91. The van der Waals surface area contributed by atoms with Gasteiger partial charge in [-0.3, -0.25) is 14.3 Å². The SMILES string of the molecule is CC(C)n1c(-c2ccc3c(c2)CCN3C(=O)OC(C)(C)C)nn2ccnc2c1=O. The van der Waals surface area contributed by atoms with Crippen molar-refractivity contribution in [1.29, 1.82) is 0 Å². The Labute approximate surface area is 168 Å². The van der Waals surface area contributed by atoms with Crippen LogP contribution < -0.4 is 10.5 Å². The van der Waals surface area contributed by atoms with E-state index in [2.05, 4.69) is 10.1 Å². The van der Waals surface area contributed by atoms with Gasteiger partial charge >= 0.3 is 6.09 Å². The van der Waals surface area contributed by atoms with Crippen LogP contribution in [0.15, 0.2) is 35.4 Å². The van der Waals surface area contributed by atoms with Crippen LogP contribution in [0, 0.1) is 0 Å². The molecular weight excluding hydrogens is 370 g/mol. The van der Waals surface area contributed by atoms with Crippen LogP contribution in [0.4, 0.5) is 10.5 Å². The van der Waals surface area contributed by atoms with Gasteiger partial charge in [-0.2, -0.15) is 0 Å². The lowest BCUT2D eigenvalue weighted by Gasteiger charge is -2.25. The van der Waals surface area contributed by atoms with Crippen LogP contribution in [0.5, 0.6) is 0 Å². The highest BCUT2D eigenvalue weighted by Crippen LogP contribution is 2.33. The number of carbonyl (C=O) groups is 1. The average molecular weight is 395 g/mol. The lowest BCUT2D eigenvalue weighted by molar-refractivity contribution is 0.0584. The average Bonchev–Trinajstić information content (AvgIpc) is 3.25. The molecule has 29 heavy (non-hydrogen) atoms. The minimum absolute atomic E-state index is 0.0711. The Hall–Kier alpha value is -3.16. The van der Waals surface area contributed by atoms with Crippen molar-refractivity contribution in [3.8, 4) is 11.4 Å². The number of hydrogen-bond acceptors (Lipinski definition) is 5. The molecule has 0 radical (unpaired) electrons. The molecule has 0 spiro atoms. The summed E-state index contributed by atoms with van der Waals surface area (Å²) in [6.45, 7) is 10.0. The van der Waals surface area contributed by atoms with Gasteiger partial charge in [-0.15, -0.1) is 5.10 Å². The van der Waals surface area contributed by atoms with Crippen LogP contribution in [0.2, 0.25) is 0 Å². The van der Waals surface area contributed by atoms with E-state index in [4.69, 9.17) is 4.74 Å². The van der Waals surface area contributed by atoms with Gasteiger partial charge in [-0.05, 0) is 64.8 Å². The molecule has 0 atom stereocenters. The van der Waals surface area contributed by atoms with Gasteiger partial charge < -0.3 is 4.74 Å². The van der Waals surface area contributed by atoms with Crippen molar-refractivity contribution < 1.29 is 9.53 Å². The van der Waals surface area contributed by atoms with Gasteiger partial charge in [0.2, 0.25) is 5.65 Å². The molecule has 3 heterocycles. The number of hydrogen-bond donors (Lipinski definition) is 0. The van der Waals surface area contributed by atoms with Crippen molar-refractivity contribution in [3.63, 3.8) is 0 Å². The maximum atomic E-state index is 12.9. The molecule has 0 N–H and O–H groups in total. The molecule has 8 heteroatoms. The van der Waals surface area contributed by atoms with E-state index in [0.717, 1.165) is 23.2 Å². The molecule has 1 aromatic carbocycles. The second-order valence-corrected chi connectivity index (χ2v) is 8.51. The largest absolute Gasteiger partial charge is 0.443 e. The lowest BCUT2D eigenvalue weighted by Crippen LogP contribution is -2.35. The highest BCUT2D eigenvalue weighted by atomic mass is 16.6. The summed E-state index contributed by atoms with van der Waals surface area (Å²) < 4.78 is 8.69. The van der Waals surface area contributed by atoms with Crippen LogP contribution in [-0.2, 0) is 11.2 Å². The van der Waals surface area contributed by atoms with E-state index in [1.807, 2.05) is 52.8 Å². The maximum Gasteiger partial charge on any atom is 0.414 e. The molecule has 1 amide bonds. The van der Waals surface area contributed by atoms with E-state index in [0.29, 0.717) is 18.0 Å². The molecule has 0 aliphatic carbocycles. The first-order chi connectivity index (χ1) is 13.7. The van der Waals surface area contributed by atoms with Crippen molar-refractivity contribution in [3.05, 3.63) is 46.5 Å². The Balaban J connectivity index is 1.77. The zero-order chi connectivity index (χ0) is 20.9. The molecule has 2 aromatic heterocycles. The molecule has 0 bridgehead atoms. The number of benzene rings is 1. The van der Waals surface area contributed by atoms with Crippen LogP contribution in [0.1, 0.15) is 46.2 Å². The quantitative estimate of drug-likeness (QED) is 0.664. The molecule has 152 valence electrons. The lowest BCUT2D eigenvalue weighted by atomic mass is 10.1. The van der Waals surface area contributed by atoms with Crippen LogP contribution in [0.25, 0.3) is 17.0 Å². The zero-order valence-electron chi connectivity index (χ0n) is 17.3. The van der Waals surface area contributed by atoms with Gasteiger partial charge in [0.25, 0.3) is 5.56 Å². The molecule has 8 nitrogen and oxygen atoms in total. The summed E-state index contributed by atoms with van der Waals surface area (Å²) in [4.78, 5) is 31.2. The van der Waals surface area contributed by atoms with Crippen molar-refractivity contribution >= 4 is 17.4 Å².